The molecular weight excluding hydrogens is 350 g/mol. The third-order valence-electron chi connectivity index (χ3n) is 5.08. The highest BCUT2D eigenvalue weighted by atomic mass is 16.5. The van der Waals surface area contributed by atoms with E-state index in [-0.39, 0.29) is 12.2 Å². The average Bonchev–Trinajstić information content (AvgIpc) is 2.73. The standard InChI is InChI=1S/C24H25NO3/c1-3-27-24(26)22(15-25)17(2)20-14-13-19-11-7-8-12-21(19)23(20)28-16-18-9-5-4-6-10-18/h4-6,9-10,13-14H,3,7-8,11-12,16H2,1-2H3. The Labute approximate surface area is 166 Å². The molecule has 4 heteroatoms. The second-order valence-corrected chi connectivity index (χ2v) is 6.89. The van der Waals surface area contributed by atoms with Gasteiger partial charge in [0.1, 0.15) is 24.0 Å². The SMILES string of the molecule is CCOC(=O)C(C#N)=C(C)c1ccc2c(c1OCc1ccccc1)CCCC2. The Balaban J connectivity index is 2.05. The van der Waals surface area contributed by atoms with Gasteiger partial charge in [-0.25, -0.2) is 4.79 Å². The van der Waals surface area contributed by atoms with E-state index in [1.807, 2.05) is 42.5 Å². The molecule has 0 bridgehead atoms. The van der Waals surface area contributed by atoms with Crippen molar-refractivity contribution in [3.05, 3.63) is 70.3 Å². The Kier molecular flexibility index (Phi) is 6.49. The van der Waals surface area contributed by atoms with E-state index in [1.54, 1.807) is 13.8 Å². The molecule has 1 aliphatic carbocycles. The number of allylic oxidation sites excluding steroid dienone is 1. The molecule has 0 amide bonds. The van der Waals surface area contributed by atoms with Crippen LogP contribution in [-0.4, -0.2) is 12.6 Å². The first-order chi connectivity index (χ1) is 13.7. The van der Waals surface area contributed by atoms with Crippen LogP contribution in [0, 0.1) is 11.3 Å². The number of esters is 1. The lowest BCUT2D eigenvalue weighted by molar-refractivity contribution is -0.137. The molecule has 28 heavy (non-hydrogen) atoms. The Morgan fingerprint density at radius 2 is 1.86 bits per heavy atom. The number of hydrogen-bond donors (Lipinski definition) is 0. The molecule has 0 aromatic heterocycles. The van der Waals surface area contributed by atoms with Crippen LogP contribution in [0.15, 0.2) is 48.0 Å². The van der Waals surface area contributed by atoms with Gasteiger partial charge in [0, 0.05) is 5.56 Å². The summed E-state index contributed by atoms with van der Waals surface area (Å²) in [7, 11) is 0. The first-order valence-electron chi connectivity index (χ1n) is 9.75. The highest BCUT2D eigenvalue weighted by Crippen LogP contribution is 2.37. The van der Waals surface area contributed by atoms with Gasteiger partial charge >= 0.3 is 5.97 Å². The van der Waals surface area contributed by atoms with Crippen LogP contribution >= 0.6 is 0 Å². The maximum atomic E-state index is 12.2. The van der Waals surface area contributed by atoms with Gasteiger partial charge in [-0.2, -0.15) is 5.26 Å². The molecule has 0 aliphatic heterocycles. The van der Waals surface area contributed by atoms with Gasteiger partial charge in [0.2, 0.25) is 0 Å². The number of hydrogen-bond acceptors (Lipinski definition) is 4. The zero-order chi connectivity index (χ0) is 19.9. The van der Waals surface area contributed by atoms with Crippen LogP contribution in [0.2, 0.25) is 0 Å². The second kappa shape index (κ2) is 9.23. The van der Waals surface area contributed by atoms with E-state index in [0.29, 0.717) is 12.2 Å². The number of aryl methyl sites for hydroxylation is 1. The molecule has 0 spiro atoms. The number of carbonyl (C=O) groups excluding carboxylic acids is 1. The van der Waals surface area contributed by atoms with Crippen LogP contribution in [0.5, 0.6) is 5.75 Å². The fourth-order valence-electron chi connectivity index (χ4n) is 3.60. The van der Waals surface area contributed by atoms with Gasteiger partial charge in [0.15, 0.2) is 0 Å². The summed E-state index contributed by atoms with van der Waals surface area (Å²) in [5, 5.41) is 9.54. The fourth-order valence-corrected chi connectivity index (χ4v) is 3.60. The lowest BCUT2D eigenvalue weighted by Gasteiger charge is -2.23. The summed E-state index contributed by atoms with van der Waals surface area (Å²) < 4.78 is 11.3. The smallest absolute Gasteiger partial charge is 0.349 e. The van der Waals surface area contributed by atoms with Gasteiger partial charge in [-0.1, -0.05) is 42.5 Å². The van der Waals surface area contributed by atoms with E-state index >= 15 is 0 Å². The summed E-state index contributed by atoms with van der Waals surface area (Å²) in [6.45, 7) is 4.20. The minimum absolute atomic E-state index is 0.0298. The van der Waals surface area contributed by atoms with Crippen LogP contribution in [0.4, 0.5) is 0 Å². The van der Waals surface area contributed by atoms with Crippen molar-refractivity contribution < 1.29 is 14.3 Å². The Morgan fingerprint density at radius 3 is 2.57 bits per heavy atom. The van der Waals surface area contributed by atoms with Crippen molar-refractivity contribution in [3.63, 3.8) is 0 Å². The van der Waals surface area contributed by atoms with E-state index in [1.165, 1.54) is 17.5 Å². The first-order valence-corrected chi connectivity index (χ1v) is 9.75. The highest BCUT2D eigenvalue weighted by Gasteiger charge is 2.22. The number of benzene rings is 2. The molecule has 0 unspecified atom stereocenters. The topological polar surface area (TPSA) is 59.3 Å². The molecule has 0 atom stereocenters. The van der Waals surface area contributed by atoms with Crippen LogP contribution in [0.25, 0.3) is 5.57 Å². The van der Waals surface area contributed by atoms with E-state index < -0.39 is 5.97 Å². The zero-order valence-corrected chi connectivity index (χ0v) is 16.5. The second-order valence-electron chi connectivity index (χ2n) is 6.89. The van der Waals surface area contributed by atoms with E-state index in [4.69, 9.17) is 9.47 Å². The van der Waals surface area contributed by atoms with Crippen molar-refractivity contribution in [2.24, 2.45) is 0 Å². The summed E-state index contributed by atoms with van der Waals surface area (Å²) in [5.74, 6) is 0.199. The Morgan fingerprint density at radius 1 is 1.11 bits per heavy atom. The van der Waals surface area contributed by atoms with Gasteiger partial charge in [0.25, 0.3) is 0 Å². The maximum Gasteiger partial charge on any atom is 0.349 e. The largest absolute Gasteiger partial charge is 0.488 e. The number of carbonyl (C=O) groups is 1. The quantitative estimate of drug-likeness (QED) is 0.405. The monoisotopic (exact) mass is 375 g/mol. The predicted molar refractivity (Wildman–Crippen MR) is 109 cm³/mol. The molecule has 0 N–H and O–H groups in total. The molecule has 1 aliphatic rings. The molecule has 2 aromatic rings. The summed E-state index contributed by atoms with van der Waals surface area (Å²) in [6.07, 6.45) is 4.26. The van der Waals surface area contributed by atoms with E-state index in [9.17, 15) is 10.1 Å². The Bertz CT molecular complexity index is 923. The van der Waals surface area contributed by atoms with Crippen LogP contribution in [0.3, 0.4) is 0 Å². The highest BCUT2D eigenvalue weighted by molar-refractivity contribution is 6.02. The summed E-state index contributed by atoms with van der Waals surface area (Å²) in [6, 6.07) is 16.1. The fraction of sp³-hybridized carbons (Fsp3) is 0.333. The van der Waals surface area contributed by atoms with Crippen LogP contribution < -0.4 is 4.74 Å². The molecule has 3 rings (SSSR count). The van der Waals surface area contributed by atoms with Gasteiger partial charge in [-0.3, -0.25) is 0 Å². The lowest BCUT2D eigenvalue weighted by atomic mass is 9.87. The number of fused-ring (bicyclic) bond motifs is 1. The van der Waals surface area contributed by atoms with Gasteiger partial charge in [0.05, 0.1) is 6.61 Å². The minimum atomic E-state index is -0.589. The molecule has 0 saturated heterocycles. The van der Waals surface area contributed by atoms with Crippen molar-refractivity contribution >= 4 is 11.5 Å². The van der Waals surface area contributed by atoms with Gasteiger partial charge in [-0.15, -0.1) is 0 Å². The lowest BCUT2D eigenvalue weighted by Crippen LogP contribution is -2.11. The van der Waals surface area contributed by atoms with Gasteiger partial charge < -0.3 is 9.47 Å². The van der Waals surface area contributed by atoms with Crippen molar-refractivity contribution in [2.45, 2.75) is 46.1 Å². The summed E-state index contributed by atoms with van der Waals surface area (Å²) in [5.41, 5.74) is 4.98. The molecule has 0 fully saturated rings. The third kappa shape index (κ3) is 4.26. The third-order valence-corrected chi connectivity index (χ3v) is 5.08. The maximum absolute atomic E-state index is 12.2. The van der Waals surface area contributed by atoms with Gasteiger partial charge in [-0.05, 0) is 61.8 Å². The normalized spacial score (nSPS) is 13.8. The average molecular weight is 375 g/mol. The summed E-state index contributed by atoms with van der Waals surface area (Å²) >= 11 is 0. The van der Waals surface area contributed by atoms with Crippen LogP contribution in [0.1, 0.15) is 48.9 Å². The molecule has 144 valence electrons. The zero-order valence-electron chi connectivity index (χ0n) is 16.5. The molecule has 0 heterocycles. The minimum Gasteiger partial charge on any atom is -0.488 e. The van der Waals surface area contributed by atoms with Crippen molar-refractivity contribution in [1.82, 2.24) is 0 Å². The number of nitrogens with zero attached hydrogens (tertiary/aromatic N) is 1. The van der Waals surface area contributed by atoms with Crippen molar-refractivity contribution in [3.8, 4) is 11.8 Å². The molecule has 4 nitrogen and oxygen atoms in total. The molecular formula is C24H25NO3. The number of rotatable bonds is 6. The molecule has 0 radical (unpaired) electrons. The van der Waals surface area contributed by atoms with Crippen molar-refractivity contribution in [1.29, 1.82) is 5.26 Å². The van der Waals surface area contributed by atoms with Crippen LogP contribution in [-0.2, 0) is 29.0 Å². The van der Waals surface area contributed by atoms with Crippen molar-refractivity contribution in [2.75, 3.05) is 6.61 Å². The number of ether oxygens (including phenoxy) is 2. The number of nitriles is 1. The predicted octanol–water partition coefficient (Wildman–Crippen LogP) is 5.00. The first kappa shape index (κ1) is 19.7. The van der Waals surface area contributed by atoms with E-state index in [2.05, 4.69) is 6.07 Å². The van der Waals surface area contributed by atoms with E-state index in [0.717, 1.165) is 36.1 Å². The molecule has 2 aromatic carbocycles. The molecule has 0 saturated carbocycles. The summed E-state index contributed by atoms with van der Waals surface area (Å²) in [4.78, 5) is 12.2. The Hall–Kier alpha value is -3.06.